The molecule has 0 aromatic heterocycles. The lowest BCUT2D eigenvalue weighted by atomic mass is 9.98. The van der Waals surface area contributed by atoms with E-state index in [-0.39, 0.29) is 0 Å². The maximum absolute atomic E-state index is 5.61. The monoisotopic (exact) mass is 295 g/mol. The summed E-state index contributed by atoms with van der Waals surface area (Å²) < 4.78 is 6.75. The van der Waals surface area contributed by atoms with Crippen LogP contribution >= 0.6 is 15.9 Å². The average molecular weight is 296 g/mol. The number of benzene rings is 1. The van der Waals surface area contributed by atoms with Crippen molar-refractivity contribution in [1.82, 2.24) is 5.32 Å². The van der Waals surface area contributed by atoms with Gasteiger partial charge < -0.3 is 10.1 Å². The largest absolute Gasteiger partial charge is 0.379 e. The molecular formula is C14H18BrNO. The number of rotatable bonds is 4. The van der Waals surface area contributed by atoms with Crippen LogP contribution in [0.5, 0.6) is 0 Å². The van der Waals surface area contributed by atoms with Crippen LogP contribution in [0, 0.1) is 11.8 Å². The third-order valence-electron chi connectivity index (χ3n) is 3.83. The minimum atomic E-state index is 0.561. The van der Waals surface area contributed by atoms with Gasteiger partial charge in [-0.2, -0.15) is 0 Å². The predicted octanol–water partition coefficient (Wildman–Crippen LogP) is 2.96. The van der Waals surface area contributed by atoms with Gasteiger partial charge in [0.2, 0.25) is 0 Å². The van der Waals surface area contributed by atoms with Crippen LogP contribution in [0.4, 0.5) is 0 Å². The molecule has 1 aromatic carbocycles. The maximum Gasteiger partial charge on any atom is 0.0623 e. The Hall–Kier alpha value is -0.380. The first-order chi connectivity index (χ1) is 8.33. The molecule has 1 saturated carbocycles. The minimum Gasteiger partial charge on any atom is -0.379 e. The summed E-state index contributed by atoms with van der Waals surface area (Å²) in [4.78, 5) is 0. The Labute approximate surface area is 111 Å². The first-order valence-electron chi connectivity index (χ1n) is 6.38. The van der Waals surface area contributed by atoms with Gasteiger partial charge in [0, 0.05) is 23.0 Å². The molecule has 0 amide bonds. The van der Waals surface area contributed by atoms with E-state index in [4.69, 9.17) is 4.74 Å². The first-order valence-corrected chi connectivity index (χ1v) is 7.18. The van der Waals surface area contributed by atoms with Crippen LogP contribution in [0.2, 0.25) is 0 Å². The van der Waals surface area contributed by atoms with Gasteiger partial charge in [-0.25, -0.2) is 0 Å². The minimum absolute atomic E-state index is 0.561. The lowest BCUT2D eigenvalue weighted by Crippen LogP contribution is -2.36. The summed E-state index contributed by atoms with van der Waals surface area (Å²) in [6.45, 7) is 2.80. The van der Waals surface area contributed by atoms with Crippen LogP contribution in [-0.4, -0.2) is 19.3 Å². The first kappa shape index (κ1) is 11.7. The number of hydrogen-bond acceptors (Lipinski definition) is 2. The van der Waals surface area contributed by atoms with Gasteiger partial charge in [-0.15, -0.1) is 0 Å². The molecule has 1 aliphatic heterocycles. The van der Waals surface area contributed by atoms with Crippen molar-refractivity contribution < 1.29 is 4.74 Å². The van der Waals surface area contributed by atoms with Gasteiger partial charge in [0.25, 0.3) is 0 Å². The molecular weight excluding hydrogens is 278 g/mol. The zero-order valence-electron chi connectivity index (χ0n) is 9.86. The van der Waals surface area contributed by atoms with Crippen LogP contribution in [0.15, 0.2) is 28.7 Å². The van der Waals surface area contributed by atoms with Gasteiger partial charge in [-0.05, 0) is 36.5 Å². The van der Waals surface area contributed by atoms with Crippen LogP contribution in [0.3, 0.4) is 0 Å². The number of halogens is 1. The van der Waals surface area contributed by atoms with E-state index >= 15 is 0 Å². The summed E-state index contributed by atoms with van der Waals surface area (Å²) >= 11 is 3.46. The molecule has 0 bridgehead atoms. The molecule has 3 heteroatoms. The molecule has 92 valence electrons. The average Bonchev–Trinajstić information content (AvgIpc) is 3.08. The van der Waals surface area contributed by atoms with Gasteiger partial charge in [0.05, 0.1) is 13.2 Å². The second kappa shape index (κ2) is 5.09. The Kier molecular flexibility index (Phi) is 3.50. The Morgan fingerprint density at radius 2 is 1.94 bits per heavy atom. The standard InChI is InChI=1S/C14H18BrNO/c15-12-5-1-10(2-6-12)7-16-14-9-17-8-13(14)11-3-4-11/h1-2,5-6,11,13-14,16H,3-4,7-9H2. The van der Waals surface area contributed by atoms with E-state index in [1.165, 1.54) is 18.4 Å². The van der Waals surface area contributed by atoms with E-state index in [9.17, 15) is 0 Å². The van der Waals surface area contributed by atoms with Crippen molar-refractivity contribution in [2.75, 3.05) is 13.2 Å². The van der Waals surface area contributed by atoms with E-state index in [0.29, 0.717) is 6.04 Å². The van der Waals surface area contributed by atoms with Crippen LogP contribution in [0.1, 0.15) is 18.4 Å². The molecule has 2 atom stereocenters. The molecule has 3 rings (SSSR count). The Bertz CT molecular complexity index is 374. The van der Waals surface area contributed by atoms with E-state index in [1.54, 1.807) is 0 Å². The number of nitrogens with one attached hydrogen (secondary N) is 1. The smallest absolute Gasteiger partial charge is 0.0623 e. The summed E-state index contributed by atoms with van der Waals surface area (Å²) in [6.07, 6.45) is 2.81. The van der Waals surface area contributed by atoms with Gasteiger partial charge in [0.15, 0.2) is 0 Å². The van der Waals surface area contributed by atoms with Gasteiger partial charge in [-0.3, -0.25) is 0 Å². The van der Waals surface area contributed by atoms with Crippen molar-refractivity contribution in [3.8, 4) is 0 Å². The highest BCUT2D eigenvalue weighted by Gasteiger charge is 2.39. The van der Waals surface area contributed by atoms with Crippen molar-refractivity contribution >= 4 is 15.9 Å². The van der Waals surface area contributed by atoms with Crippen molar-refractivity contribution in [2.24, 2.45) is 11.8 Å². The van der Waals surface area contributed by atoms with Crippen molar-refractivity contribution in [1.29, 1.82) is 0 Å². The number of ether oxygens (including phenoxy) is 1. The zero-order chi connectivity index (χ0) is 11.7. The van der Waals surface area contributed by atoms with Crippen molar-refractivity contribution in [3.05, 3.63) is 34.3 Å². The number of hydrogen-bond donors (Lipinski definition) is 1. The SMILES string of the molecule is Brc1ccc(CNC2COCC2C2CC2)cc1. The fourth-order valence-corrected chi connectivity index (χ4v) is 2.89. The molecule has 0 spiro atoms. The summed E-state index contributed by atoms with van der Waals surface area (Å²) in [6, 6.07) is 9.09. The highest BCUT2D eigenvalue weighted by atomic mass is 79.9. The third-order valence-corrected chi connectivity index (χ3v) is 4.36. The second-order valence-electron chi connectivity index (χ2n) is 5.15. The van der Waals surface area contributed by atoms with Crippen molar-refractivity contribution in [2.45, 2.75) is 25.4 Å². The molecule has 1 aliphatic carbocycles. The van der Waals surface area contributed by atoms with E-state index < -0.39 is 0 Å². The highest BCUT2D eigenvalue weighted by molar-refractivity contribution is 9.10. The van der Waals surface area contributed by atoms with Crippen LogP contribution in [-0.2, 0) is 11.3 Å². The fourth-order valence-electron chi connectivity index (χ4n) is 2.62. The lowest BCUT2D eigenvalue weighted by Gasteiger charge is -2.18. The van der Waals surface area contributed by atoms with E-state index in [0.717, 1.165) is 36.1 Å². The van der Waals surface area contributed by atoms with Gasteiger partial charge in [0.1, 0.15) is 0 Å². The molecule has 2 nitrogen and oxygen atoms in total. The molecule has 1 heterocycles. The molecule has 1 aromatic rings. The zero-order valence-corrected chi connectivity index (χ0v) is 11.4. The molecule has 17 heavy (non-hydrogen) atoms. The topological polar surface area (TPSA) is 21.3 Å². The Morgan fingerprint density at radius 3 is 2.65 bits per heavy atom. The van der Waals surface area contributed by atoms with Crippen molar-refractivity contribution in [3.63, 3.8) is 0 Å². The molecule has 2 unspecified atom stereocenters. The maximum atomic E-state index is 5.61. The summed E-state index contributed by atoms with van der Waals surface area (Å²) in [5, 5.41) is 3.65. The summed E-state index contributed by atoms with van der Waals surface area (Å²) in [7, 11) is 0. The fraction of sp³-hybridized carbons (Fsp3) is 0.571. The van der Waals surface area contributed by atoms with E-state index in [1.807, 2.05) is 0 Å². The quantitative estimate of drug-likeness (QED) is 0.922. The molecule has 1 saturated heterocycles. The molecule has 1 N–H and O–H groups in total. The second-order valence-corrected chi connectivity index (χ2v) is 6.07. The summed E-state index contributed by atoms with van der Waals surface area (Å²) in [5.41, 5.74) is 1.34. The normalized spacial score (nSPS) is 28.5. The highest BCUT2D eigenvalue weighted by Crippen LogP contribution is 2.40. The predicted molar refractivity (Wildman–Crippen MR) is 71.8 cm³/mol. The third kappa shape index (κ3) is 2.90. The van der Waals surface area contributed by atoms with Crippen LogP contribution < -0.4 is 5.32 Å². The van der Waals surface area contributed by atoms with Gasteiger partial charge in [-0.1, -0.05) is 28.1 Å². The molecule has 2 aliphatic rings. The van der Waals surface area contributed by atoms with Crippen LogP contribution in [0.25, 0.3) is 0 Å². The Morgan fingerprint density at radius 1 is 1.18 bits per heavy atom. The van der Waals surface area contributed by atoms with E-state index in [2.05, 4.69) is 45.5 Å². The lowest BCUT2D eigenvalue weighted by molar-refractivity contribution is 0.180. The summed E-state index contributed by atoms with van der Waals surface area (Å²) in [5.74, 6) is 1.69. The molecule has 0 radical (unpaired) electrons. The van der Waals surface area contributed by atoms with Gasteiger partial charge >= 0.3 is 0 Å². The Balaban J connectivity index is 1.54. The molecule has 2 fully saturated rings.